The largest absolute Gasteiger partial charge is 0.481 e. The Morgan fingerprint density at radius 3 is 2.73 bits per heavy atom. The van der Waals surface area contributed by atoms with Crippen LogP contribution in [0, 0.1) is 5.82 Å². The van der Waals surface area contributed by atoms with Gasteiger partial charge in [0.05, 0.1) is 41.0 Å². The van der Waals surface area contributed by atoms with Crippen LogP contribution in [0.25, 0.3) is 55.8 Å². The molecule has 13 heteroatoms. The highest BCUT2D eigenvalue weighted by Gasteiger charge is 2.27. The molecule has 0 radical (unpaired) electrons. The summed E-state index contributed by atoms with van der Waals surface area (Å²) in [6, 6.07) is 16.5. The van der Waals surface area contributed by atoms with Gasteiger partial charge in [-0.25, -0.2) is 22.8 Å². The van der Waals surface area contributed by atoms with E-state index >= 15 is 0 Å². The maximum absolute atomic E-state index is 14.7. The number of carbonyl (C=O) groups excluding carboxylic acids is 1. The number of benzene rings is 2. The predicted molar refractivity (Wildman–Crippen MR) is 167 cm³/mol. The van der Waals surface area contributed by atoms with Crippen LogP contribution in [0.4, 0.5) is 10.1 Å². The molecule has 2 aromatic carbocycles. The van der Waals surface area contributed by atoms with Crippen molar-refractivity contribution < 1.29 is 31.5 Å². The molecule has 0 saturated carbocycles. The molecule has 0 aliphatic carbocycles. The summed E-state index contributed by atoms with van der Waals surface area (Å²) < 4.78 is 62.3. The highest BCUT2D eigenvalue weighted by Crippen LogP contribution is 2.43. The minimum absolute atomic E-state index is 0.175. The molecule has 2 N–H and O–H groups in total. The Bertz CT molecular complexity index is 2280. The fourth-order valence-electron chi connectivity index (χ4n) is 5.51. The maximum atomic E-state index is 14.7. The summed E-state index contributed by atoms with van der Waals surface area (Å²) in [4.78, 5) is 22.3. The van der Waals surface area contributed by atoms with Crippen molar-refractivity contribution in [2.24, 2.45) is 0 Å². The SMILES string of the molecule is CCS(=O)(=O)Nc1cc2oc(-c3ccnc(OC)c3)c(C(=O)NC)c2cc1-c1ccc2c(n1)-c1cc3c(F)cccc3n1CO2. The van der Waals surface area contributed by atoms with Crippen LogP contribution < -0.4 is 19.5 Å². The Kier molecular flexibility index (Phi) is 6.70. The Labute approximate surface area is 256 Å². The number of sulfonamides is 1. The first-order valence-electron chi connectivity index (χ1n) is 14.0. The smallest absolute Gasteiger partial charge is 0.255 e. The van der Waals surface area contributed by atoms with E-state index in [9.17, 15) is 17.6 Å². The Morgan fingerprint density at radius 2 is 1.96 bits per heavy atom. The van der Waals surface area contributed by atoms with E-state index in [2.05, 4.69) is 15.0 Å². The summed E-state index contributed by atoms with van der Waals surface area (Å²) in [6.45, 7) is 1.70. The van der Waals surface area contributed by atoms with E-state index in [0.29, 0.717) is 56.1 Å². The molecule has 0 unspecified atom stereocenters. The number of rotatable bonds is 7. The molecule has 11 nitrogen and oxygen atoms in total. The van der Waals surface area contributed by atoms with Crippen molar-refractivity contribution in [1.29, 1.82) is 0 Å². The van der Waals surface area contributed by atoms with Gasteiger partial charge in [-0.15, -0.1) is 0 Å². The molecular formula is C32H26FN5O6S. The minimum atomic E-state index is -3.74. The van der Waals surface area contributed by atoms with Gasteiger partial charge in [-0.1, -0.05) is 6.07 Å². The van der Waals surface area contributed by atoms with Gasteiger partial charge < -0.3 is 23.8 Å². The summed E-state index contributed by atoms with van der Waals surface area (Å²) in [5.41, 5.74) is 3.82. The first-order valence-corrected chi connectivity index (χ1v) is 15.6. The maximum Gasteiger partial charge on any atom is 0.255 e. The van der Waals surface area contributed by atoms with E-state index in [1.807, 2.05) is 4.57 Å². The molecule has 6 aromatic rings. The van der Waals surface area contributed by atoms with Crippen LogP contribution in [0.5, 0.6) is 11.6 Å². The second kappa shape index (κ2) is 10.6. The zero-order valence-electron chi connectivity index (χ0n) is 24.3. The van der Waals surface area contributed by atoms with E-state index in [1.54, 1.807) is 48.5 Å². The van der Waals surface area contributed by atoms with E-state index in [0.717, 1.165) is 0 Å². The summed E-state index contributed by atoms with van der Waals surface area (Å²) >= 11 is 0. The number of nitrogens with one attached hydrogen (secondary N) is 2. The van der Waals surface area contributed by atoms with E-state index < -0.39 is 15.9 Å². The highest BCUT2D eigenvalue weighted by molar-refractivity contribution is 7.92. The van der Waals surface area contributed by atoms with Gasteiger partial charge in [0.15, 0.2) is 6.73 Å². The first-order chi connectivity index (χ1) is 21.7. The zero-order valence-corrected chi connectivity index (χ0v) is 25.2. The third kappa shape index (κ3) is 4.72. The van der Waals surface area contributed by atoms with Gasteiger partial charge in [0.2, 0.25) is 15.9 Å². The molecule has 0 atom stereocenters. The third-order valence-corrected chi connectivity index (χ3v) is 9.04. The van der Waals surface area contributed by atoms with Crippen LogP contribution in [0.3, 0.4) is 0 Å². The zero-order chi connectivity index (χ0) is 31.5. The molecule has 1 aliphatic rings. The highest BCUT2D eigenvalue weighted by atomic mass is 32.2. The number of anilines is 1. The van der Waals surface area contributed by atoms with Crippen molar-refractivity contribution in [2.45, 2.75) is 13.7 Å². The number of fused-ring (bicyclic) bond motifs is 6. The molecule has 0 bridgehead atoms. The Hall–Kier alpha value is -5.43. The molecule has 0 saturated heterocycles. The lowest BCUT2D eigenvalue weighted by Crippen LogP contribution is -2.18. The summed E-state index contributed by atoms with van der Waals surface area (Å²) in [5, 5.41) is 3.53. The van der Waals surface area contributed by atoms with Crippen LogP contribution in [0.15, 0.2) is 71.3 Å². The third-order valence-electron chi connectivity index (χ3n) is 7.75. The molecule has 0 spiro atoms. The van der Waals surface area contributed by atoms with Crippen LogP contribution in [0.1, 0.15) is 17.3 Å². The van der Waals surface area contributed by atoms with Crippen molar-refractivity contribution in [2.75, 3.05) is 24.6 Å². The Balaban J connectivity index is 1.47. The van der Waals surface area contributed by atoms with Gasteiger partial charge >= 0.3 is 0 Å². The van der Waals surface area contributed by atoms with Crippen molar-refractivity contribution in [3.8, 4) is 45.6 Å². The van der Waals surface area contributed by atoms with Crippen molar-refractivity contribution in [1.82, 2.24) is 19.9 Å². The standard InChI is InChI=1S/C32H26FN5O6S/c1-4-45(40,41)37-23-15-27-20(29(32(39)34-2)31(44-27)17-10-11-35-28(12-17)42-3)13-19(23)22-8-9-26-30(36-22)25-14-18-21(33)6-5-7-24(18)38(25)16-43-26/h5-15,37H,4,16H2,1-3H3,(H,34,39). The van der Waals surface area contributed by atoms with Crippen molar-refractivity contribution >= 4 is 43.5 Å². The average Bonchev–Trinajstić information content (AvgIpc) is 3.63. The number of hydrogen-bond donors (Lipinski definition) is 2. The van der Waals surface area contributed by atoms with Gasteiger partial charge in [-0.3, -0.25) is 9.52 Å². The van der Waals surface area contributed by atoms with Crippen LogP contribution in [-0.4, -0.2) is 48.8 Å². The van der Waals surface area contributed by atoms with Crippen molar-refractivity contribution in [3.63, 3.8) is 0 Å². The van der Waals surface area contributed by atoms with Crippen LogP contribution in [0.2, 0.25) is 0 Å². The lowest BCUT2D eigenvalue weighted by atomic mass is 10.0. The monoisotopic (exact) mass is 627 g/mol. The number of pyridine rings is 2. The molecule has 7 rings (SSSR count). The van der Waals surface area contributed by atoms with Gasteiger partial charge in [-0.05, 0) is 49.4 Å². The quantitative estimate of drug-likeness (QED) is 0.227. The molecule has 45 heavy (non-hydrogen) atoms. The lowest BCUT2D eigenvalue weighted by Gasteiger charge is -2.21. The van der Waals surface area contributed by atoms with Gasteiger partial charge in [0, 0.05) is 47.3 Å². The molecule has 0 fully saturated rings. The van der Waals surface area contributed by atoms with E-state index in [-0.39, 0.29) is 40.9 Å². The first kappa shape index (κ1) is 28.3. The second-order valence-corrected chi connectivity index (χ2v) is 12.3. The Morgan fingerprint density at radius 1 is 1.11 bits per heavy atom. The number of halogens is 1. The molecular weight excluding hydrogens is 601 g/mol. The average molecular weight is 628 g/mol. The minimum Gasteiger partial charge on any atom is -0.481 e. The number of amides is 1. The molecule has 1 aliphatic heterocycles. The van der Waals surface area contributed by atoms with Crippen molar-refractivity contribution in [3.05, 3.63) is 78.2 Å². The van der Waals surface area contributed by atoms with Gasteiger partial charge in [-0.2, -0.15) is 0 Å². The predicted octanol–water partition coefficient (Wildman–Crippen LogP) is 5.80. The normalized spacial score (nSPS) is 12.4. The molecule has 228 valence electrons. The summed E-state index contributed by atoms with van der Waals surface area (Å²) in [5.74, 6) is 0.125. The number of ether oxygens (including phenoxy) is 2. The number of furan rings is 1. The van der Waals surface area contributed by atoms with Gasteiger partial charge in [0.25, 0.3) is 5.91 Å². The number of aromatic nitrogens is 3. The van der Waals surface area contributed by atoms with E-state index in [4.69, 9.17) is 18.9 Å². The summed E-state index contributed by atoms with van der Waals surface area (Å²) in [6.07, 6.45) is 1.53. The summed E-state index contributed by atoms with van der Waals surface area (Å²) in [7, 11) is -0.748. The molecule has 5 heterocycles. The van der Waals surface area contributed by atoms with Gasteiger partial charge in [0.1, 0.15) is 28.6 Å². The fourth-order valence-corrected chi connectivity index (χ4v) is 6.16. The fraction of sp³-hybridized carbons (Fsp3) is 0.156. The second-order valence-electron chi connectivity index (χ2n) is 10.3. The number of nitrogens with zero attached hydrogens (tertiary/aromatic N) is 3. The number of hydrogen-bond acceptors (Lipinski definition) is 8. The molecule has 4 aromatic heterocycles. The number of methoxy groups -OCH3 is 1. The topological polar surface area (TPSA) is 138 Å². The lowest BCUT2D eigenvalue weighted by molar-refractivity contribution is 0.0964. The number of carbonyl (C=O) groups is 1. The van der Waals surface area contributed by atoms with E-state index in [1.165, 1.54) is 39.4 Å². The molecule has 1 amide bonds. The van der Waals surface area contributed by atoms with Crippen LogP contribution in [-0.2, 0) is 16.8 Å². The van der Waals surface area contributed by atoms with Crippen LogP contribution >= 0.6 is 0 Å².